The SMILES string of the molecule is CCN(CC(N)=O)C(=O)Cc1ccccc1. The van der Waals surface area contributed by atoms with Crippen molar-refractivity contribution in [2.75, 3.05) is 13.1 Å². The molecule has 1 rings (SSSR count). The number of carbonyl (C=O) groups excluding carboxylic acids is 2. The Hall–Kier alpha value is -1.84. The summed E-state index contributed by atoms with van der Waals surface area (Å²) in [5.74, 6) is -0.559. The highest BCUT2D eigenvalue weighted by Gasteiger charge is 2.13. The molecular formula is C12H16N2O2. The van der Waals surface area contributed by atoms with Crippen molar-refractivity contribution in [2.24, 2.45) is 5.73 Å². The molecule has 0 heterocycles. The first kappa shape index (κ1) is 12.2. The standard InChI is InChI=1S/C12H16N2O2/c1-2-14(9-11(13)15)12(16)8-10-6-4-3-5-7-10/h3-7H,2,8-9H2,1H3,(H2,13,15). The van der Waals surface area contributed by atoms with Crippen LogP contribution in [0.1, 0.15) is 12.5 Å². The molecule has 0 saturated carbocycles. The van der Waals surface area contributed by atoms with Gasteiger partial charge in [-0.1, -0.05) is 30.3 Å². The van der Waals surface area contributed by atoms with Crippen LogP contribution in [-0.2, 0) is 16.0 Å². The molecule has 0 aliphatic carbocycles. The number of likely N-dealkylation sites (N-methyl/N-ethyl adjacent to an activating group) is 1. The minimum Gasteiger partial charge on any atom is -0.368 e. The van der Waals surface area contributed by atoms with Crippen molar-refractivity contribution in [1.29, 1.82) is 0 Å². The van der Waals surface area contributed by atoms with Gasteiger partial charge in [0.2, 0.25) is 11.8 Å². The maximum absolute atomic E-state index is 11.8. The lowest BCUT2D eigenvalue weighted by molar-refractivity contribution is -0.134. The Labute approximate surface area is 95.0 Å². The minimum atomic E-state index is -0.483. The monoisotopic (exact) mass is 220 g/mol. The average Bonchev–Trinajstić information content (AvgIpc) is 2.26. The first-order valence-electron chi connectivity index (χ1n) is 5.23. The van der Waals surface area contributed by atoms with Crippen LogP contribution in [-0.4, -0.2) is 29.8 Å². The zero-order valence-electron chi connectivity index (χ0n) is 9.35. The van der Waals surface area contributed by atoms with E-state index in [4.69, 9.17) is 5.73 Å². The minimum absolute atomic E-state index is 0.0117. The predicted molar refractivity (Wildman–Crippen MR) is 61.6 cm³/mol. The van der Waals surface area contributed by atoms with E-state index >= 15 is 0 Å². The van der Waals surface area contributed by atoms with E-state index in [0.29, 0.717) is 13.0 Å². The third-order valence-electron chi connectivity index (χ3n) is 2.28. The summed E-state index contributed by atoms with van der Waals surface area (Å²) >= 11 is 0. The molecule has 0 spiro atoms. The molecule has 16 heavy (non-hydrogen) atoms. The molecule has 4 nitrogen and oxygen atoms in total. The van der Waals surface area contributed by atoms with E-state index in [9.17, 15) is 9.59 Å². The number of rotatable bonds is 5. The van der Waals surface area contributed by atoms with Crippen LogP contribution in [0.25, 0.3) is 0 Å². The van der Waals surface area contributed by atoms with E-state index in [-0.39, 0.29) is 12.5 Å². The third-order valence-corrected chi connectivity index (χ3v) is 2.28. The molecule has 0 fully saturated rings. The predicted octanol–water partition coefficient (Wildman–Crippen LogP) is 0.563. The maximum atomic E-state index is 11.8. The third kappa shape index (κ3) is 3.73. The molecule has 86 valence electrons. The van der Waals surface area contributed by atoms with Gasteiger partial charge in [-0.25, -0.2) is 0 Å². The summed E-state index contributed by atoms with van der Waals surface area (Å²) in [4.78, 5) is 24.0. The topological polar surface area (TPSA) is 63.4 Å². The van der Waals surface area contributed by atoms with Crippen molar-refractivity contribution in [1.82, 2.24) is 4.90 Å². The number of amides is 2. The Morgan fingerprint density at radius 3 is 2.38 bits per heavy atom. The number of primary amides is 1. The van der Waals surface area contributed by atoms with Gasteiger partial charge < -0.3 is 10.6 Å². The van der Waals surface area contributed by atoms with Gasteiger partial charge in [0.1, 0.15) is 0 Å². The molecule has 0 aliphatic rings. The lowest BCUT2D eigenvalue weighted by atomic mass is 10.1. The fraction of sp³-hybridized carbons (Fsp3) is 0.333. The molecule has 0 unspecified atom stereocenters. The van der Waals surface area contributed by atoms with Gasteiger partial charge in [-0.3, -0.25) is 9.59 Å². The highest BCUT2D eigenvalue weighted by molar-refractivity contribution is 5.84. The number of hydrogen-bond donors (Lipinski definition) is 1. The lowest BCUT2D eigenvalue weighted by Crippen LogP contribution is -2.39. The van der Waals surface area contributed by atoms with Gasteiger partial charge in [0.25, 0.3) is 0 Å². The summed E-state index contributed by atoms with van der Waals surface area (Å²) in [6, 6.07) is 9.43. The van der Waals surface area contributed by atoms with Crippen molar-refractivity contribution in [3.63, 3.8) is 0 Å². The highest BCUT2D eigenvalue weighted by atomic mass is 16.2. The van der Waals surface area contributed by atoms with E-state index < -0.39 is 5.91 Å². The van der Waals surface area contributed by atoms with E-state index in [1.165, 1.54) is 4.90 Å². The van der Waals surface area contributed by atoms with Crippen molar-refractivity contribution < 1.29 is 9.59 Å². The molecule has 0 bridgehead atoms. The van der Waals surface area contributed by atoms with Gasteiger partial charge in [-0.05, 0) is 12.5 Å². The Bertz CT molecular complexity index is 363. The van der Waals surface area contributed by atoms with E-state index in [1.807, 2.05) is 37.3 Å². The molecule has 2 N–H and O–H groups in total. The van der Waals surface area contributed by atoms with Gasteiger partial charge >= 0.3 is 0 Å². The summed E-state index contributed by atoms with van der Waals surface area (Å²) in [6.07, 6.45) is 0.307. The van der Waals surface area contributed by atoms with Crippen LogP contribution in [0.4, 0.5) is 0 Å². The van der Waals surface area contributed by atoms with Crippen LogP contribution in [0.5, 0.6) is 0 Å². The average molecular weight is 220 g/mol. The smallest absolute Gasteiger partial charge is 0.237 e. The fourth-order valence-corrected chi connectivity index (χ4v) is 1.45. The molecule has 0 aromatic heterocycles. The van der Waals surface area contributed by atoms with E-state index in [0.717, 1.165) is 5.56 Å². The zero-order chi connectivity index (χ0) is 12.0. The number of nitrogens with two attached hydrogens (primary N) is 1. The Kier molecular flexibility index (Phi) is 4.51. The molecule has 2 amide bonds. The second kappa shape index (κ2) is 5.90. The van der Waals surface area contributed by atoms with Crippen molar-refractivity contribution in [3.05, 3.63) is 35.9 Å². The molecule has 0 aliphatic heterocycles. The summed E-state index contributed by atoms with van der Waals surface area (Å²) in [5.41, 5.74) is 6.01. The molecular weight excluding hydrogens is 204 g/mol. The first-order valence-corrected chi connectivity index (χ1v) is 5.23. The van der Waals surface area contributed by atoms with Crippen LogP contribution in [0.2, 0.25) is 0 Å². The van der Waals surface area contributed by atoms with E-state index in [1.54, 1.807) is 0 Å². The quantitative estimate of drug-likeness (QED) is 0.788. The Balaban J connectivity index is 2.59. The van der Waals surface area contributed by atoms with Crippen LogP contribution in [0, 0.1) is 0 Å². The van der Waals surface area contributed by atoms with Gasteiger partial charge in [0, 0.05) is 6.54 Å². The Morgan fingerprint density at radius 2 is 1.88 bits per heavy atom. The summed E-state index contributed by atoms with van der Waals surface area (Å²) in [5, 5.41) is 0. The lowest BCUT2D eigenvalue weighted by Gasteiger charge is -2.18. The number of hydrogen-bond acceptors (Lipinski definition) is 2. The van der Waals surface area contributed by atoms with Crippen LogP contribution >= 0.6 is 0 Å². The van der Waals surface area contributed by atoms with Crippen molar-refractivity contribution in [2.45, 2.75) is 13.3 Å². The van der Waals surface area contributed by atoms with Crippen LogP contribution in [0.3, 0.4) is 0 Å². The normalized spacial score (nSPS) is 9.81. The summed E-state index contributed by atoms with van der Waals surface area (Å²) in [7, 11) is 0. The molecule has 0 saturated heterocycles. The van der Waals surface area contributed by atoms with E-state index in [2.05, 4.69) is 0 Å². The van der Waals surface area contributed by atoms with Crippen LogP contribution in [0.15, 0.2) is 30.3 Å². The van der Waals surface area contributed by atoms with Gasteiger partial charge in [0.05, 0.1) is 13.0 Å². The summed E-state index contributed by atoms with van der Waals surface area (Å²) in [6.45, 7) is 2.31. The zero-order valence-corrected chi connectivity index (χ0v) is 9.35. The molecule has 1 aromatic carbocycles. The molecule has 0 atom stereocenters. The van der Waals surface area contributed by atoms with Crippen LogP contribution < -0.4 is 5.73 Å². The second-order valence-corrected chi connectivity index (χ2v) is 3.54. The van der Waals surface area contributed by atoms with Gasteiger partial charge in [-0.2, -0.15) is 0 Å². The number of benzene rings is 1. The molecule has 4 heteroatoms. The van der Waals surface area contributed by atoms with Crippen molar-refractivity contribution in [3.8, 4) is 0 Å². The van der Waals surface area contributed by atoms with Crippen molar-refractivity contribution >= 4 is 11.8 Å². The highest BCUT2D eigenvalue weighted by Crippen LogP contribution is 2.02. The molecule has 0 radical (unpaired) electrons. The Morgan fingerprint density at radius 1 is 1.25 bits per heavy atom. The number of carbonyl (C=O) groups is 2. The first-order chi connectivity index (χ1) is 7.63. The number of nitrogens with zero attached hydrogens (tertiary/aromatic N) is 1. The fourth-order valence-electron chi connectivity index (χ4n) is 1.45. The largest absolute Gasteiger partial charge is 0.368 e. The second-order valence-electron chi connectivity index (χ2n) is 3.54. The van der Waals surface area contributed by atoms with Gasteiger partial charge in [-0.15, -0.1) is 0 Å². The van der Waals surface area contributed by atoms with Gasteiger partial charge in [0.15, 0.2) is 0 Å². The molecule has 1 aromatic rings. The summed E-state index contributed by atoms with van der Waals surface area (Å²) < 4.78 is 0. The maximum Gasteiger partial charge on any atom is 0.237 e.